The van der Waals surface area contributed by atoms with E-state index in [0.717, 1.165) is 57.0 Å². The van der Waals surface area contributed by atoms with Gasteiger partial charge in [0.1, 0.15) is 0 Å². The third-order valence-electron chi connectivity index (χ3n) is 3.81. The molecule has 2 rings (SSSR count). The van der Waals surface area contributed by atoms with Gasteiger partial charge in [0.2, 0.25) is 0 Å². The van der Waals surface area contributed by atoms with Gasteiger partial charge in [0, 0.05) is 31.4 Å². The molecule has 19 heavy (non-hydrogen) atoms. The Balaban J connectivity index is 1.71. The summed E-state index contributed by atoms with van der Waals surface area (Å²) in [7, 11) is 2.17. The van der Waals surface area contributed by atoms with Crippen molar-refractivity contribution in [3.63, 3.8) is 0 Å². The molecule has 1 aromatic heterocycles. The number of aromatic nitrogens is 1. The Labute approximate surface area is 116 Å². The summed E-state index contributed by atoms with van der Waals surface area (Å²) in [4.78, 5) is 9.41. The van der Waals surface area contributed by atoms with Gasteiger partial charge in [-0.3, -0.25) is 9.88 Å². The maximum Gasteiger partial charge on any atom is 0.0547 e. The molecule has 0 aromatic carbocycles. The van der Waals surface area contributed by atoms with Crippen LogP contribution < -0.4 is 5.73 Å². The number of likely N-dealkylation sites (tertiary alicyclic amines) is 1. The van der Waals surface area contributed by atoms with E-state index in [9.17, 15) is 0 Å². The lowest BCUT2D eigenvalue weighted by Crippen LogP contribution is -2.42. The molecule has 0 saturated carbocycles. The van der Waals surface area contributed by atoms with E-state index in [4.69, 9.17) is 5.73 Å². The third-order valence-corrected chi connectivity index (χ3v) is 3.81. The Morgan fingerprint density at radius 2 is 2.11 bits per heavy atom. The molecule has 1 aromatic rings. The molecule has 0 radical (unpaired) electrons. The Hall–Kier alpha value is -0.970. The fourth-order valence-corrected chi connectivity index (χ4v) is 2.53. The smallest absolute Gasteiger partial charge is 0.0547 e. The highest BCUT2D eigenvalue weighted by Gasteiger charge is 2.15. The molecule has 4 nitrogen and oxygen atoms in total. The van der Waals surface area contributed by atoms with Gasteiger partial charge in [0.15, 0.2) is 0 Å². The lowest BCUT2D eigenvalue weighted by Gasteiger charge is -2.31. The second kappa shape index (κ2) is 6.98. The fourth-order valence-electron chi connectivity index (χ4n) is 2.53. The Kier molecular flexibility index (Phi) is 5.31. The molecule has 0 amide bonds. The molecule has 1 aliphatic heterocycles. The van der Waals surface area contributed by atoms with E-state index < -0.39 is 0 Å². The molecule has 4 heteroatoms. The largest absolute Gasteiger partial charge is 0.328 e. The van der Waals surface area contributed by atoms with Crippen LogP contribution in [0.25, 0.3) is 0 Å². The van der Waals surface area contributed by atoms with Crippen LogP contribution >= 0.6 is 0 Å². The van der Waals surface area contributed by atoms with Crippen molar-refractivity contribution in [3.8, 4) is 0 Å². The van der Waals surface area contributed by atoms with Gasteiger partial charge in [-0.25, -0.2) is 0 Å². The van der Waals surface area contributed by atoms with E-state index in [1.807, 2.05) is 13.0 Å². The van der Waals surface area contributed by atoms with Gasteiger partial charge in [0.25, 0.3) is 0 Å². The first kappa shape index (κ1) is 14.4. The van der Waals surface area contributed by atoms with Crippen LogP contribution in [-0.2, 0) is 6.54 Å². The highest BCUT2D eigenvalue weighted by molar-refractivity contribution is 5.09. The van der Waals surface area contributed by atoms with E-state index in [1.165, 1.54) is 0 Å². The van der Waals surface area contributed by atoms with E-state index in [0.29, 0.717) is 6.04 Å². The predicted octanol–water partition coefficient (Wildman–Crippen LogP) is 1.24. The second-order valence-corrected chi connectivity index (χ2v) is 5.69. The average Bonchev–Trinajstić information content (AvgIpc) is 2.38. The Morgan fingerprint density at radius 1 is 1.37 bits per heavy atom. The molecule has 0 bridgehead atoms. The van der Waals surface area contributed by atoms with Crippen LogP contribution in [0.3, 0.4) is 0 Å². The zero-order valence-corrected chi connectivity index (χ0v) is 12.2. The molecular formula is C15H26N4. The molecule has 1 saturated heterocycles. The first-order chi connectivity index (χ1) is 9.13. The number of nitrogens with zero attached hydrogens (tertiary/aromatic N) is 3. The topological polar surface area (TPSA) is 45.4 Å². The molecule has 1 fully saturated rings. The van der Waals surface area contributed by atoms with Crippen molar-refractivity contribution < 1.29 is 0 Å². The van der Waals surface area contributed by atoms with Gasteiger partial charge in [-0.1, -0.05) is 6.07 Å². The first-order valence-corrected chi connectivity index (χ1v) is 7.22. The number of hydrogen-bond donors (Lipinski definition) is 1. The minimum absolute atomic E-state index is 0.422. The molecule has 1 aliphatic rings. The molecular weight excluding hydrogens is 236 g/mol. The third kappa shape index (κ3) is 4.90. The summed E-state index contributed by atoms with van der Waals surface area (Å²) in [6.45, 7) is 7.49. The SMILES string of the molecule is Cc1cccc(CN(C)CCN2CCC(N)CC2)n1. The van der Waals surface area contributed by atoms with Crippen molar-refractivity contribution in [1.29, 1.82) is 0 Å². The van der Waals surface area contributed by atoms with Crippen LogP contribution in [-0.4, -0.2) is 54.1 Å². The number of rotatable bonds is 5. The van der Waals surface area contributed by atoms with Crippen LogP contribution in [0.4, 0.5) is 0 Å². The van der Waals surface area contributed by atoms with Gasteiger partial charge in [-0.05, 0) is 52.0 Å². The Bertz CT molecular complexity index is 385. The molecule has 0 aliphatic carbocycles. The number of nitrogens with two attached hydrogens (primary N) is 1. The normalized spacial score (nSPS) is 18.1. The van der Waals surface area contributed by atoms with Crippen LogP contribution in [0.5, 0.6) is 0 Å². The van der Waals surface area contributed by atoms with E-state index in [2.05, 4.69) is 34.0 Å². The maximum absolute atomic E-state index is 5.92. The van der Waals surface area contributed by atoms with E-state index in [-0.39, 0.29) is 0 Å². The van der Waals surface area contributed by atoms with Gasteiger partial charge in [-0.2, -0.15) is 0 Å². The molecule has 2 heterocycles. The van der Waals surface area contributed by atoms with Crippen molar-refractivity contribution in [2.75, 3.05) is 33.2 Å². The molecule has 0 spiro atoms. The number of aryl methyl sites for hydroxylation is 1. The number of likely N-dealkylation sites (N-methyl/N-ethyl adjacent to an activating group) is 1. The van der Waals surface area contributed by atoms with Crippen molar-refractivity contribution in [2.24, 2.45) is 5.73 Å². The Morgan fingerprint density at radius 3 is 2.79 bits per heavy atom. The first-order valence-electron chi connectivity index (χ1n) is 7.22. The summed E-state index contributed by atoms with van der Waals surface area (Å²) in [6.07, 6.45) is 2.28. The zero-order chi connectivity index (χ0) is 13.7. The van der Waals surface area contributed by atoms with Crippen LogP contribution in [0.1, 0.15) is 24.2 Å². The van der Waals surface area contributed by atoms with Crippen molar-refractivity contribution in [1.82, 2.24) is 14.8 Å². The van der Waals surface area contributed by atoms with Crippen molar-refractivity contribution >= 4 is 0 Å². The summed E-state index contributed by atoms with van der Waals surface area (Å²) < 4.78 is 0. The summed E-state index contributed by atoms with van der Waals surface area (Å²) in [5, 5.41) is 0. The quantitative estimate of drug-likeness (QED) is 0.867. The highest BCUT2D eigenvalue weighted by atomic mass is 15.2. The zero-order valence-electron chi connectivity index (χ0n) is 12.2. The number of piperidine rings is 1. The van der Waals surface area contributed by atoms with Gasteiger partial charge in [0.05, 0.1) is 5.69 Å². The molecule has 2 N–H and O–H groups in total. The number of hydrogen-bond acceptors (Lipinski definition) is 4. The van der Waals surface area contributed by atoms with Crippen LogP contribution in [0, 0.1) is 6.92 Å². The van der Waals surface area contributed by atoms with Crippen molar-refractivity contribution in [2.45, 2.75) is 32.4 Å². The summed E-state index contributed by atoms with van der Waals surface area (Å²) in [5.41, 5.74) is 8.17. The summed E-state index contributed by atoms with van der Waals surface area (Å²) in [5.74, 6) is 0. The van der Waals surface area contributed by atoms with E-state index in [1.54, 1.807) is 0 Å². The lowest BCUT2D eigenvalue weighted by atomic mass is 10.1. The van der Waals surface area contributed by atoms with Crippen molar-refractivity contribution in [3.05, 3.63) is 29.6 Å². The van der Waals surface area contributed by atoms with Crippen LogP contribution in [0.2, 0.25) is 0 Å². The maximum atomic E-state index is 5.92. The molecule has 0 unspecified atom stereocenters. The van der Waals surface area contributed by atoms with Gasteiger partial charge in [-0.15, -0.1) is 0 Å². The summed E-state index contributed by atoms with van der Waals surface area (Å²) in [6, 6.07) is 6.65. The molecule has 106 valence electrons. The average molecular weight is 262 g/mol. The minimum Gasteiger partial charge on any atom is -0.328 e. The monoisotopic (exact) mass is 262 g/mol. The second-order valence-electron chi connectivity index (χ2n) is 5.69. The lowest BCUT2D eigenvalue weighted by molar-refractivity contribution is 0.183. The predicted molar refractivity (Wildman–Crippen MR) is 79.0 cm³/mol. The number of pyridine rings is 1. The molecule has 0 atom stereocenters. The minimum atomic E-state index is 0.422. The van der Waals surface area contributed by atoms with E-state index >= 15 is 0 Å². The standard InChI is InChI=1S/C15H26N4/c1-13-4-3-5-15(17-13)12-18(2)10-11-19-8-6-14(16)7-9-19/h3-5,14H,6-12,16H2,1-2H3. The fraction of sp³-hybridized carbons (Fsp3) is 0.667. The summed E-state index contributed by atoms with van der Waals surface area (Å²) >= 11 is 0. The van der Waals surface area contributed by atoms with Gasteiger partial charge < -0.3 is 10.6 Å². The highest BCUT2D eigenvalue weighted by Crippen LogP contribution is 2.08. The van der Waals surface area contributed by atoms with Crippen LogP contribution in [0.15, 0.2) is 18.2 Å². The van der Waals surface area contributed by atoms with Gasteiger partial charge >= 0.3 is 0 Å².